The molecule has 0 spiro atoms. The fourth-order valence-electron chi connectivity index (χ4n) is 4.40. The number of aliphatic carboxylic acids is 2. The molecule has 0 aromatic carbocycles. The molecule has 2 N–H and O–H groups in total. The topological polar surface area (TPSA) is 74.6 Å². The molecule has 0 aromatic heterocycles. The van der Waals surface area contributed by atoms with E-state index in [0.717, 1.165) is 38.5 Å². The molecule has 0 amide bonds. The molecule has 0 saturated heterocycles. The summed E-state index contributed by atoms with van der Waals surface area (Å²) in [5.74, 6) is -0.475. The zero-order valence-electron chi connectivity index (χ0n) is 11.6. The second-order valence-corrected chi connectivity index (χ2v) is 6.59. The lowest BCUT2D eigenvalue weighted by Gasteiger charge is -2.01. The summed E-state index contributed by atoms with van der Waals surface area (Å²) in [6.07, 6.45) is 9.94. The van der Waals surface area contributed by atoms with Gasteiger partial charge >= 0.3 is 11.9 Å². The average Bonchev–Trinajstić information content (AvgIpc) is 3.22. The Bertz CT molecular complexity index is 402. The van der Waals surface area contributed by atoms with E-state index in [0.29, 0.717) is 11.8 Å². The van der Waals surface area contributed by atoms with Crippen molar-refractivity contribution in [2.45, 2.75) is 38.5 Å². The summed E-state index contributed by atoms with van der Waals surface area (Å²) >= 11 is 0. The number of hydrogen-bond acceptors (Lipinski definition) is 2. The van der Waals surface area contributed by atoms with E-state index in [2.05, 4.69) is 12.2 Å². The Morgan fingerprint density at radius 2 is 1.05 bits per heavy atom. The van der Waals surface area contributed by atoms with Crippen molar-refractivity contribution < 1.29 is 19.8 Å². The van der Waals surface area contributed by atoms with Gasteiger partial charge in [0.15, 0.2) is 0 Å². The number of rotatable bonds is 2. The van der Waals surface area contributed by atoms with Gasteiger partial charge in [-0.2, -0.15) is 0 Å². The van der Waals surface area contributed by atoms with Crippen LogP contribution in [0, 0.1) is 35.5 Å². The van der Waals surface area contributed by atoms with Gasteiger partial charge in [-0.05, 0) is 62.2 Å². The van der Waals surface area contributed by atoms with Crippen molar-refractivity contribution in [1.29, 1.82) is 0 Å². The van der Waals surface area contributed by atoms with Gasteiger partial charge in [0.1, 0.15) is 0 Å². The van der Waals surface area contributed by atoms with Crippen molar-refractivity contribution in [2.24, 2.45) is 35.5 Å². The quantitative estimate of drug-likeness (QED) is 0.762. The monoisotopic (exact) mass is 278 g/mol. The minimum absolute atomic E-state index is 0.176. The Kier molecular flexibility index (Phi) is 3.57. The van der Waals surface area contributed by atoms with E-state index in [1.165, 1.54) is 0 Å². The molecule has 2 saturated carbocycles. The van der Waals surface area contributed by atoms with Gasteiger partial charge in [0.05, 0.1) is 11.8 Å². The van der Waals surface area contributed by atoms with Gasteiger partial charge < -0.3 is 10.2 Å². The van der Waals surface area contributed by atoms with Crippen LogP contribution in [-0.4, -0.2) is 22.2 Å². The Hall–Kier alpha value is -1.32. The van der Waals surface area contributed by atoms with Gasteiger partial charge in [-0.15, -0.1) is 0 Å². The third kappa shape index (κ3) is 2.48. The first-order valence-corrected chi connectivity index (χ1v) is 7.72. The van der Waals surface area contributed by atoms with E-state index in [9.17, 15) is 19.8 Å². The van der Waals surface area contributed by atoms with Crippen molar-refractivity contribution in [3.63, 3.8) is 0 Å². The third-order valence-corrected chi connectivity index (χ3v) is 5.57. The number of allylic oxidation sites excluding steroid dienone is 2. The summed E-state index contributed by atoms with van der Waals surface area (Å²) in [6, 6.07) is 0. The van der Waals surface area contributed by atoms with Crippen molar-refractivity contribution in [2.75, 3.05) is 0 Å². The summed E-state index contributed by atoms with van der Waals surface area (Å²) in [5.41, 5.74) is 0. The zero-order valence-corrected chi connectivity index (χ0v) is 11.6. The lowest BCUT2D eigenvalue weighted by atomic mass is 10.0. The number of carboxylic acid groups (broad SMARTS) is 2. The molecular weight excluding hydrogens is 256 g/mol. The van der Waals surface area contributed by atoms with Crippen LogP contribution in [-0.2, 0) is 9.59 Å². The molecule has 0 heterocycles. The van der Waals surface area contributed by atoms with Crippen molar-refractivity contribution in [3.8, 4) is 0 Å². The van der Waals surface area contributed by atoms with Gasteiger partial charge in [-0.3, -0.25) is 9.59 Å². The Balaban J connectivity index is 1.65. The van der Waals surface area contributed by atoms with Gasteiger partial charge in [-0.25, -0.2) is 0 Å². The molecule has 6 atom stereocenters. The molecule has 0 bridgehead atoms. The van der Waals surface area contributed by atoms with Crippen LogP contribution in [0.4, 0.5) is 0 Å². The lowest BCUT2D eigenvalue weighted by molar-refractivity contribution is -0.140. The number of hydrogen-bond donors (Lipinski definition) is 2. The first kappa shape index (κ1) is 13.7. The van der Waals surface area contributed by atoms with Gasteiger partial charge in [0.25, 0.3) is 0 Å². The van der Waals surface area contributed by atoms with Crippen LogP contribution in [0.25, 0.3) is 0 Å². The fourth-order valence-corrected chi connectivity index (χ4v) is 4.40. The van der Waals surface area contributed by atoms with Gasteiger partial charge in [-0.1, -0.05) is 12.2 Å². The normalized spacial score (nSPS) is 45.0. The van der Waals surface area contributed by atoms with E-state index in [4.69, 9.17) is 0 Å². The van der Waals surface area contributed by atoms with Crippen LogP contribution >= 0.6 is 0 Å². The molecule has 110 valence electrons. The Labute approximate surface area is 118 Å². The van der Waals surface area contributed by atoms with E-state index in [1.807, 2.05) is 0 Å². The molecule has 3 rings (SSSR count). The zero-order chi connectivity index (χ0) is 14.3. The van der Waals surface area contributed by atoms with Crippen LogP contribution in [0.2, 0.25) is 0 Å². The molecule has 4 nitrogen and oxygen atoms in total. The summed E-state index contributed by atoms with van der Waals surface area (Å²) < 4.78 is 0. The van der Waals surface area contributed by atoms with Crippen molar-refractivity contribution >= 4 is 11.9 Å². The maximum atomic E-state index is 11.2. The molecule has 3 aliphatic rings. The van der Waals surface area contributed by atoms with Crippen LogP contribution in [0.15, 0.2) is 12.2 Å². The van der Waals surface area contributed by atoms with Gasteiger partial charge in [0, 0.05) is 0 Å². The molecular formula is C16H22O4. The van der Waals surface area contributed by atoms with E-state index >= 15 is 0 Å². The number of carbonyl (C=O) groups is 2. The van der Waals surface area contributed by atoms with Crippen molar-refractivity contribution in [1.82, 2.24) is 0 Å². The molecule has 4 heteroatoms. The molecule has 2 fully saturated rings. The largest absolute Gasteiger partial charge is 0.481 e. The van der Waals surface area contributed by atoms with Crippen LogP contribution in [0.3, 0.4) is 0 Å². The highest BCUT2D eigenvalue weighted by atomic mass is 16.4. The molecule has 3 aliphatic carbocycles. The maximum absolute atomic E-state index is 11.2. The maximum Gasteiger partial charge on any atom is 0.307 e. The first-order chi connectivity index (χ1) is 9.61. The Morgan fingerprint density at radius 3 is 1.40 bits per heavy atom. The summed E-state index contributed by atoms with van der Waals surface area (Å²) in [7, 11) is 0. The van der Waals surface area contributed by atoms with Crippen molar-refractivity contribution in [3.05, 3.63) is 12.2 Å². The number of carboxylic acids is 2. The minimum atomic E-state index is -0.666. The van der Waals surface area contributed by atoms with Gasteiger partial charge in [0.2, 0.25) is 0 Å². The predicted molar refractivity (Wildman–Crippen MR) is 73.1 cm³/mol. The summed E-state index contributed by atoms with van der Waals surface area (Å²) in [5, 5.41) is 18.4. The third-order valence-electron chi connectivity index (χ3n) is 5.57. The fraction of sp³-hybridized carbons (Fsp3) is 0.750. The molecule has 0 aromatic rings. The number of fused-ring (bicyclic) bond motifs is 2. The van der Waals surface area contributed by atoms with E-state index < -0.39 is 11.9 Å². The highest BCUT2D eigenvalue weighted by molar-refractivity contribution is 5.75. The highest BCUT2D eigenvalue weighted by Gasteiger charge is 2.57. The second kappa shape index (κ2) is 5.23. The second-order valence-electron chi connectivity index (χ2n) is 6.59. The standard InChI is InChI=1S/C16H22O4/c17-15(18)13-9-5-3-1-2-4-6-10-12(8-7-11(9)13)14(10)16(19)20/h1-2,9-14H,3-8H2,(H,17,18)(H,19,20)/b2-1-. The average molecular weight is 278 g/mol. The summed E-state index contributed by atoms with van der Waals surface area (Å²) in [4.78, 5) is 22.4. The molecule has 20 heavy (non-hydrogen) atoms. The Morgan fingerprint density at radius 1 is 0.700 bits per heavy atom. The smallest absolute Gasteiger partial charge is 0.307 e. The first-order valence-electron chi connectivity index (χ1n) is 7.72. The van der Waals surface area contributed by atoms with E-state index in [-0.39, 0.29) is 23.7 Å². The molecule has 6 unspecified atom stereocenters. The SMILES string of the molecule is O=C(O)C1C2CC/C=C\CCC3C(CCC21)C3C(=O)O. The van der Waals surface area contributed by atoms with E-state index in [1.54, 1.807) is 0 Å². The summed E-state index contributed by atoms with van der Waals surface area (Å²) in [6.45, 7) is 0. The van der Waals surface area contributed by atoms with Crippen LogP contribution in [0.1, 0.15) is 38.5 Å². The lowest BCUT2D eigenvalue weighted by Crippen LogP contribution is -2.02. The van der Waals surface area contributed by atoms with Crippen LogP contribution in [0.5, 0.6) is 0 Å². The molecule has 0 aliphatic heterocycles. The predicted octanol–water partition coefficient (Wildman–Crippen LogP) is 2.79. The molecule has 0 radical (unpaired) electrons. The highest BCUT2D eigenvalue weighted by Crippen LogP contribution is 2.57. The minimum Gasteiger partial charge on any atom is -0.481 e. The van der Waals surface area contributed by atoms with Crippen LogP contribution < -0.4 is 0 Å².